The third-order valence-corrected chi connectivity index (χ3v) is 5.29. The molecule has 0 radical (unpaired) electrons. The van der Waals surface area contributed by atoms with Crippen molar-refractivity contribution in [3.63, 3.8) is 0 Å². The molecule has 0 aliphatic heterocycles. The Bertz CT molecular complexity index is 1140. The van der Waals surface area contributed by atoms with Crippen LogP contribution >= 0.6 is 0 Å². The van der Waals surface area contributed by atoms with Gasteiger partial charge in [-0.2, -0.15) is 5.26 Å². The fourth-order valence-electron chi connectivity index (χ4n) is 3.75. The molecule has 2 heterocycles. The number of anilines is 2. The molecule has 6 nitrogen and oxygen atoms in total. The Hall–Kier alpha value is -3.54. The summed E-state index contributed by atoms with van der Waals surface area (Å²) in [5.74, 6) is -3.29. The molecule has 0 saturated heterocycles. The zero-order chi connectivity index (χ0) is 21.3. The van der Waals surface area contributed by atoms with E-state index in [0.29, 0.717) is 28.0 Å². The van der Waals surface area contributed by atoms with Crippen molar-refractivity contribution < 1.29 is 18.0 Å². The van der Waals surface area contributed by atoms with Crippen LogP contribution in [-0.2, 0) is 0 Å². The highest BCUT2D eigenvalue weighted by Gasteiger charge is 2.36. The number of nitrogens with one attached hydrogen (secondary N) is 3. The second-order valence-electron chi connectivity index (χ2n) is 7.37. The van der Waals surface area contributed by atoms with Crippen LogP contribution in [0.5, 0.6) is 0 Å². The number of benzene rings is 1. The standard InChI is InChI=1S/C21H18F3N5O/c22-14-1-2-17-16(8-14)18(11-26-17)29-20(30)28-15-7-13(9-25)19(27-10-15)12-3-5-21(23,24)6-4-12/h1-2,7-8,10-12,26H,3-6H2,(H2,28,29,30). The van der Waals surface area contributed by atoms with Gasteiger partial charge in [0.15, 0.2) is 0 Å². The molecule has 1 aliphatic rings. The van der Waals surface area contributed by atoms with E-state index in [4.69, 9.17) is 0 Å². The van der Waals surface area contributed by atoms with Gasteiger partial charge in [0.1, 0.15) is 11.9 Å². The maximum atomic E-state index is 13.5. The highest BCUT2D eigenvalue weighted by molar-refractivity contribution is 6.05. The number of H-pyrrole nitrogens is 1. The van der Waals surface area contributed by atoms with Gasteiger partial charge in [0.25, 0.3) is 0 Å². The topological polar surface area (TPSA) is 93.6 Å². The zero-order valence-corrected chi connectivity index (χ0v) is 15.8. The second-order valence-corrected chi connectivity index (χ2v) is 7.37. The van der Waals surface area contributed by atoms with Crippen LogP contribution in [0.25, 0.3) is 10.9 Å². The quantitative estimate of drug-likeness (QED) is 0.528. The van der Waals surface area contributed by atoms with Gasteiger partial charge in [-0.15, -0.1) is 0 Å². The van der Waals surface area contributed by atoms with E-state index in [-0.39, 0.29) is 37.2 Å². The largest absolute Gasteiger partial charge is 0.359 e. The summed E-state index contributed by atoms with van der Waals surface area (Å²) in [5.41, 5.74) is 2.08. The highest BCUT2D eigenvalue weighted by atomic mass is 19.3. The molecule has 1 fully saturated rings. The van der Waals surface area contributed by atoms with E-state index >= 15 is 0 Å². The van der Waals surface area contributed by atoms with E-state index in [1.165, 1.54) is 24.4 Å². The SMILES string of the molecule is N#Cc1cc(NC(=O)Nc2c[nH]c3ccc(F)cc23)cnc1C1CCC(F)(F)CC1. The first-order valence-corrected chi connectivity index (χ1v) is 9.47. The summed E-state index contributed by atoms with van der Waals surface area (Å²) in [5, 5.41) is 15.2. The van der Waals surface area contributed by atoms with Crippen LogP contribution in [0.2, 0.25) is 0 Å². The first-order valence-electron chi connectivity index (χ1n) is 9.47. The maximum absolute atomic E-state index is 13.5. The number of alkyl halides is 2. The van der Waals surface area contributed by atoms with Crippen molar-refractivity contribution in [1.29, 1.82) is 5.26 Å². The van der Waals surface area contributed by atoms with E-state index in [9.17, 15) is 23.2 Å². The van der Waals surface area contributed by atoms with E-state index in [1.807, 2.05) is 6.07 Å². The van der Waals surface area contributed by atoms with Crippen molar-refractivity contribution >= 4 is 28.3 Å². The lowest BCUT2D eigenvalue weighted by atomic mass is 9.83. The first-order chi connectivity index (χ1) is 14.3. The number of hydrogen-bond donors (Lipinski definition) is 3. The third-order valence-electron chi connectivity index (χ3n) is 5.29. The molecule has 1 aromatic carbocycles. The van der Waals surface area contributed by atoms with Gasteiger partial charge < -0.3 is 15.6 Å². The molecule has 0 unspecified atom stereocenters. The van der Waals surface area contributed by atoms with Crippen LogP contribution in [0.15, 0.2) is 36.7 Å². The summed E-state index contributed by atoms with van der Waals surface area (Å²) < 4.78 is 40.3. The molecule has 1 aliphatic carbocycles. The van der Waals surface area contributed by atoms with Gasteiger partial charge in [-0.1, -0.05) is 0 Å². The van der Waals surface area contributed by atoms with Crippen molar-refractivity contribution in [2.75, 3.05) is 10.6 Å². The molecule has 1 saturated carbocycles. The molecule has 0 atom stereocenters. The number of carbonyl (C=O) groups is 1. The molecule has 2 amide bonds. The number of carbonyl (C=O) groups excluding carboxylic acids is 1. The van der Waals surface area contributed by atoms with Crippen molar-refractivity contribution in [3.05, 3.63) is 53.7 Å². The van der Waals surface area contributed by atoms with Crippen LogP contribution in [-0.4, -0.2) is 21.9 Å². The molecule has 2 aromatic heterocycles. The third kappa shape index (κ3) is 4.08. The number of amides is 2. The number of urea groups is 1. The van der Waals surface area contributed by atoms with Gasteiger partial charge in [-0.25, -0.2) is 18.0 Å². The molecule has 4 rings (SSSR count). The molecular weight excluding hydrogens is 395 g/mol. The molecule has 0 spiro atoms. The minimum Gasteiger partial charge on any atom is -0.359 e. The Kier molecular flexibility index (Phi) is 5.08. The number of rotatable bonds is 3. The number of aromatic amines is 1. The molecular formula is C21H18F3N5O. The average Bonchev–Trinajstić information content (AvgIpc) is 3.10. The Morgan fingerprint density at radius 2 is 2.00 bits per heavy atom. The Labute approximate surface area is 170 Å². The summed E-state index contributed by atoms with van der Waals surface area (Å²) in [7, 11) is 0. The van der Waals surface area contributed by atoms with Crippen LogP contribution in [0.1, 0.15) is 42.9 Å². The average molecular weight is 413 g/mol. The van der Waals surface area contributed by atoms with Gasteiger partial charge in [-0.3, -0.25) is 4.98 Å². The minimum absolute atomic E-state index is 0.205. The van der Waals surface area contributed by atoms with Crippen LogP contribution < -0.4 is 10.6 Å². The van der Waals surface area contributed by atoms with Gasteiger partial charge >= 0.3 is 6.03 Å². The fraction of sp³-hybridized carbons (Fsp3) is 0.286. The number of hydrogen-bond acceptors (Lipinski definition) is 3. The number of pyridine rings is 1. The summed E-state index contributed by atoms with van der Waals surface area (Å²) >= 11 is 0. The molecule has 3 N–H and O–H groups in total. The zero-order valence-electron chi connectivity index (χ0n) is 15.8. The maximum Gasteiger partial charge on any atom is 0.323 e. The first kappa shape index (κ1) is 19.8. The normalized spacial score (nSPS) is 16.2. The predicted octanol–water partition coefficient (Wildman–Crippen LogP) is 5.51. The Balaban J connectivity index is 1.47. The van der Waals surface area contributed by atoms with E-state index in [0.717, 1.165) is 0 Å². The van der Waals surface area contributed by atoms with Gasteiger partial charge in [0.05, 0.1) is 28.8 Å². The Morgan fingerprint density at radius 1 is 1.23 bits per heavy atom. The van der Waals surface area contributed by atoms with Crippen LogP contribution in [0, 0.1) is 17.1 Å². The van der Waals surface area contributed by atoms with Gasteiger partial charge in [-0.05, 0) is 37.1 Å². The van der Waals surface area contributed by atoms with E-state index < -0.39 is 17.8 Å². The van der Waals surface area contributed by atoms with E-state index in [2.05, 4.69) is 20.6 Å². The number of nitriles is 1. The summed E-state index contributed by atoms with van der Waals surface area (Å²) in [6.07, 6.45) is 3.02. The van der Waals surface area contributed by atoms with Crippen molar-refractivity contribution in [1.82, 2.24) is 9.97 Å². The number of halogens is 3. The summed E-state index contributed by atoms with van der Waals surface area (Å²) in [6, 6.07) is 7.11. The minimum atomic E-state index is -2.66. The number of nitrogens with zero attached hydrogens (tertiary/aromatic N) is 2. The summed E-state index contributed by atoms with van der Waals surface area (Å²) in [4.78, 5) is 19.5. The lowest BCUT2D eigenvalue weighted by Gasteiger charge is -2.28. The Morgan fingerprint density at radius 3 is 2.73 bits per heavy atom. The molecule has 3 aromatic rings. The number of aromatic nitrogens is 2. The summed E-state index contributed by atoms with van der Waals surface area (Å²) in [6.45, 7) is 0. The molecule has 0 bridgehead atoms. The lowest BCUT2D eigenvalue weighted by Crippen LogP contribution is -2.24. The smallest absolute Gasteiger partial charge is 0.323 e. The second kappa shape index (κ2) is 7.71. The fourth-order valence-corrected chi connectivity index (χ4v) is 3.75. The van der Waals surface area contributed by atoms with Gasteiger partial charge in [0, 0.05) is 35.9 Å². The monoisotopic (exact) mass is 413 g/mol. The van der Waals surface area contributed by atoms with Crippen molar-refractivity contribution in [3.8, 4) is 6.07 Å². The van der Waals surface area contributed by atoms with Gasteiger partial charge in [0.2, 0.25) is 5.92 Å². The highest BCUT2D eigenvalue weighted by Crippen LogP contribution is 2.41. The van der Waals surface area contributed by atoms with Crippen LogP contribution in [0.4, 0.5) is 29.3 Å². The predicted molar refractivity (Wildman–Crippen MR) is 106 cm³/mol. The van der Waals surface area contributed by atoms with E-state index in [1.54, 1.807) is 12.3 Å². The van der Waals surface area contributed by atoms with Crippen molar-refractivity contribution in [2.45, 2.75) is 37.5 Å². The lowest BCUT2D eigenvalue weighted by molar-refractivity contribution is -0.0385. The number of fused-ring (bicyclic) bond motifs is 1. The van der Waals surface area contributed by atoms with Crippen molar-refractivity contribution in [2.24, 2.45) is 0 Å². The van der Waals surface area contributed by atoms with Crippen LogP contribution in [0.3, 0.4) is 0 Å². The molecule has 154 valence electrons. The molecule has 30 heavy (non-hydrogen) atoms. The molecule has 9 heteroatoms.